The molecular weight excluding hydrogens is 470 g/mol. The normalized spacial score (nSPS) is 10.8. The van der Waals surface area contributed by atoms with Gasteiger partial charge in [0.1, 0.15) is 11.5 Å². The molecule has 0 heterocycles. The minimum absolute atomic E-state index is 0.251. The number of rotatable bonds is 8. The number of amides is 2. The summed E-state index contributed by atoms with van der Waals surface area (Å²) in [5.41, 5.74) is 4.76. The molecule has 0 radical (unpaired) electrons. The summed E-state index contributed by atoms with van der Waals surface area (Å²) in [5, 5.41) is 8.28. The van der Waals surface area contributed by atoms with Crippen LogP contribution in [-0.4, -0.2) is 37.7 Å². The number of hydrogen-bond donors (Lipinski definition) is 2. The van der Waals surface area contributed by atoms with E-state index in [0.29, 0.717) is 22.4 Å². The first-order valence-electron chi connectivity index (χ1n) is 11.5. The molecule has 8 nitrogen and oxygen atoms in total. The highest BCUT2D eigenvalue weighted by atomic mass is 16.5. The second-order valence-corrected chi connectivity index (χ2v) is 8.16. The molecule has 37 heavy (non-hydrogen) atoms. The minimum Gasteiger partial charge on any atom is -0.497 e. The van der Waals surface area contributed by atoms with E-state index in [-0.39, 0.29) is 18.2 Å². The molecule has 0 aliphatic carbocycles. The fraction of sp³-hybridized carbons (Fsp3) is 0.103. The summed E-state index contributed by atoms with van der Waals surface area (Å²) in [6, 6.07) is 24.6. The zero-order valence-corrected chi connectivity index (χ0v) is 20.4. The predicted octanol–water partition coefficient (Wildman–Crippen LogP) is 4.26. The molecule has 0 spiro atoms. The monoisotopic (exact) mass is 495 g/mol. The summed E-state index contributed by atoms with van der Waals surface area (Å²) in [5.74, 6) is -0.504. The third-order valence-corrected chi connectivity index (χ3v) is 5.57. The molecule has 186 valence electrons. The molecule has 2 N–H and O–H groups in total. The standard InChI is InChI=1S/C29H25N3O5/c1-19-7-9-21(10-8-19)28(34)30-18-27(33)32-31-17-25-24-6-4-3-5-20(24)13-16-26(25)37-29(35)22-11-14-23(36-2)15-12-22/h3-17H,18H2,1-2H3,(H,30,34)(H,32,33)/b31-17-. The van der Waals surface area contributed by atoms with Crippen molar-refractivity contribution in [1.29, 1.82) is 0 Å². The van der Waals surface area contributed by atoms with Crippen molar-refractivity contribution in [2.45, 2.75) is 6.92 Å². The summed E-state index contributed by atoms with van der Waals surface area (Å²) in [6.45, 7) is 1.67. The number of aryl methyl sites for hydroxylation is 1. The lowest BCUT2D eigenvalue weighted by Crippen LogP contribution is -2.34. The third-order valence-electron chi connectivity index (χ3n) is 5.57. The Kier molecular flexibility index (Phi) is 7.90. The molecule has 0 aromatic heterocycles. The minimum atomic E-state index is -0.546. The van der Waals surface area contributed by atoms with E-state index in [0.717, 1.165) is 16.3 Å². The number of esters is 1. The van der Waals surface area contributed by atoms with Crippen LogP contribution in [0.25, 0.3) is 10.8 Å². The zero-order chi connectivity index (χ0) is 26.2. The van der Waals surface area contributed by atoms with E-state index in [2.05, 4.69) is 15.8 Å². The number of hydrogen-bond acceptors (Lipinski definition) is 6. The third kappa shape index (κ3) is 6.37. The van der Waals surface area contributed by atoms with Crippen LogP contribution in [-0.2, 0) is 4.79 Å². The van der Waals surface area contributed by atoms with Crippen LogP contribution in [0, 0.1) is 6.92 Å². The quantitative estimate of drug-likeness (QED) is 0.164. The van der Waals surface area contributed by atoms with E-state index in [1.165, 1.54) is 6.21 Å². The Morgan fingerprint density at radius 3 is 2.30 bits per heavy atom. The number of hydrazone groups is 1. The molecule has 4 aromatic carbocycles. The summed E-state index contributed by atoms with van der Waals surface area (Å²) in [7, 11) is 1.55. The van der Waals surface area contributed by atoms with Crippen LogP contribution >= 0.6 is 0 Å². The Labute approximate surface area is 213 Å². The average molecular weight is 496 g/mol. The fourth-order valence-corrected chi connectivity index (χ4v) is 3.56. The van der Waals surface area contributed by atoms with E-state index in [1.807, 2.05) is 49.4 Å². The van der Waals surface area contributed by atoms with E-state index < -0.39 is 11.9 Å². The van der Waals surface area contributed by atoms with Gasteiger partial charge < -0.3 is 14.8 Å². The highest BCUT2D eigenvalue weighted by Gasteiger charge is 2.14. The van der Waals surface area contributed by atoms with Gasteiger partial charge in [0.2, 0.25) is 0 Å². The number of nitrogens with zero attached hydrogens (tertiary/aromatic N) is 1. The van der Waals surface area contributed by atoms with Crippen LogP contribution in [0.4, 0.5) is 0 Å². The number of methoxy groups -OCH3 is 1. The van der Waals surface area contributed by atoms with Crippen molar-refractivity contribution in [1.82, 2.24) is 10.7 Å². The summed E-state index contributed by atoms with van der Waals surface area (Å²) in [6.07, 6.45) is 1.42. The molecule has 4 aromatic rings. The van der Waals surface area contributed by atoms with Crippen molar-refractivity contribution >= 4 is 34.8 Å². The number of nitrogens with one attached hydrogen (secondary N) is 2. The predicted molar refractivity (Wildman–Crippen MR) is 141 cm³/mol. The number of fused-ring (bicyclic) bond motifs is 1. The lowest BCUT2D eigenvalue weighted by Gasteiger charge is -2.11. The Morgan fingerprint density at radius 1 is 0.865 bits per heavy atom. The Bertz CT molecular complexity index is 1460. The fourth-order valence-electron chi connectivity index (χ4n) is 3.56. The smallest absolute Gasteiger partial charge is 0.343 e. The van der Waals surface area contributed by atoms with Crippen LogP contribution in [0.1, 0.15) is 31.8 Å². The molecule has 8 heteroatoms. The Balaban J connectivity index is 1.46. The van der Waals surface area contributed by atoms with Crippen LogP contribution in [0.2, 0.25) is 0 Å². The van der Waals surface area contributed by atoms with Crippen LogP contribution in [0.15, 0.2) is 90.0 Å². The molecule has 0 aliphatic rings. The van der Waals surface area contributed by atoms with Crippen molar-refractivity contribution in [3.8, 4) is 11.5 Å². The first kappa shape index (κ1) is 25.1. The Morgan fingerprint density at radius 2 is 1.57 bits per heavy atom. The molecule has 0 saturated heterocycles. The molecule has 4 rings (SSSR count). The van der Waals surface area contributed by atoms with Crippen LogP contribution in [0.3, 0.4) is 0 Å². The van der Waals surface area contributed by atoms with Crippen molar-refractivity contribution in [2.24, 2.45) is 5.10 Å². The summed E-state index contributed by atoms with van der Waals surface area (Å²) in [4.78, 5) is 37.2. The molecule has 0 saturated carbocycles. The maximum absolute atomic E-state index is 12.8. The SMILES string of the molecule is COc1ccc(C(=O)Oc2ccc3ccccc3c2/C=N\NC(=O)CNC(=O)c2ccc(C)cc2)cc1. The highest BCUT2D eigenvalue weighted by molar-refractivity contribution is 6.04. The molecular formula is C29H25N3O5. The number of carbonyl (C=O) groups excluding carboxylic acids is 3. The summed E-state index contributed by atoms with van der Waals surface area (Å²) >= 11 is 0. The van der Waals surface area contributed by atoms with Gasteiger partial charge in [-0.25, -0.2) is 10.2 Å². The molecule has 2 amide bonds. The largest absolute Gasteiger partial charge is 0.497 e. The van der Waals surface area contributed by atoms with E-state index in [1.54, 1.807) is 49.6 Å². The van der Waals surface area contributed by atoms with Crippen molar-refractivity contribution in [2.75, 3.05) is 13.7 Å². The van der Waals surface area contributed by atoms with E-state index in [9.17, 15) is 14.4 Å². The molecule has 0 aliphatic heterocycles. The van der Waals surface area contributed by atoms with Gasteiger partial charge in [-0.2, -0.15) is 5.10 Å². The van der Waals surface area contributed by atoms with Gasteiger partial charge in [0, 0.05) is 11.1 Å². The first-order chi connectivity index (χ1) is 17.9. The van der Waals surface area contributed by atoms with Gasteiger partial charge in [0.25, 0.3) is 11.8 Å². The first-order valence-corrected chi connectivity index (χ1v) is 11.5. The molecule has 0 bridgehead atoms. The van der Waals surface area contributed by atoms with Crippen molar-refractivity contribution in [3.63, 3.8) is 0 Å². The van der Waals surface area contributed by atoms with Gasteiger partial charge in [-0.15, -0.1) is 0 Å². The zero-order valence-electron chi connectivity index (χ0n) is 20.4. The lowest BCUT2D eigenvalue weighted by molar-refractivity contribution is -0.120. The maximum Gasteiger partial charge on any atom is 0.343 e. The molecule has 0 fully saturated rings. The number of ether oxygens (including phenoxy) is 2. The lowest BCUT2D eigenvalue weighted by atomic mass is 10.0. The molecule has 0 unspecified atom stereocenters. The van der Waals surface area contributed by atoms with Gasteiger partial charge in [0.15, 0.2) is 0 Å². The van der Waals surface area contributed by atoms with Crippen LogP contribution in [0.5, 0.6) is 11.5 Å². The second-order valence-electron chi connectivity index (χ2n) is 8.16. The van der Waals surface area contributed by atoms with Gasteiger partial charge in [-0.05, 0) is 60.2 Å². The van der Waals surface area contributed by atoms with E-state index in [4.69, 9.17) is 9.47 Å². The van der Waals surface area contributed by atoms with Crippen LogP contribution < -0.4 is 20.2 Å². The van der Waals surface area contributed by atoms with Gasteiger partial charge in [-0.3, -0.25) is 9.59 Å². The van der Waals surface area contributed by atoms with E-state index >= 15 is 0 Å². The van der Waals surface area contributed by atoms with Crippen molar-refractivity contribution < 1.29 is 23.9 Å². The van der Waals surface area contributed by atoms with Crippen molar-refractivity contribution in [3.05, 3.63) is 107 Å². The summed E-state index contributed by atoms with van der Waals surface area (Å²) < 4.78 is 10.8. The van der Waals surface area contributed by atoms with Gasteiger partial charge in [0.05, 0.1) is 25.4 Å². The topological polar surface area (TPSA) is 106 Å². The highest BCUT2D eigenvalue weighted by Crippen LogP contribution is 2.27. The molecule has 0 atom stereocenters. The maximum atomic E-state index is 12.8. The Hall–Kier alpha value is -4.98. The second kappa shape index (κ2) is 11.6. The number of carbonyl (C=O) groups is 3. The van der Waals surface area contributed by atoms with Gasteiger partial charge in [-0.1, -0.05) is 48.0 Å². The number of benzene rings is 4. The average Bonchev–Trinajstić information content (AvgIpc) is 2.93. The van der Waals surface area contributed by atoms with Gasteiger partial charge >= 0.3 is 5.97 Å².